The molecule has 8 heteroatoms. The minimum absolute atomic E-state index is 0.211. The first-order valence-corrected chi connectivity index (χ1v) is 11.9. The lowest BCUT2D eigenvalue weighted by Gasteiger charge is -2.16. The summed E-state index contributed by atoms with van der Waals surface area (Å²) in [4.78, 5) is 26.2. The van der Waals surface area contributed by atoms with Gasteiger partial charge >= 0.3 is 0 Å². The maximum atomic E-state index is 12.7. The molecule has 0 fully saturated rings. The van der Waals surface area contributed by atoms with Gasteiger partial charge in [-0.2, -0.15) is 0 Å². The van der Waals surface area contributed by atoms with Gasteiger partial charge in [0.25, 0.3) is 5.91 Å². The standard InChI is InChI=1S/C29H26N6O2/c1-18(2)24-14-13-23-27(34-24)31-17-32-28(23)35-25-16-21(33-29(36)19-6-4-3-5-7-19)10-15-26(25)37-22-11-8-20(30)9-12-22/h3-18H,30H2,1-2H3,(H,33,36)(H,31,32,34,35). The predicted octanol–water partition coefficient (Wildman–Crippen LogP) is 6.52. The smallest absolute Gasteiger partial charge is 0.255 e. The molecule has 8 nitrogen and oxygen atoms in total. The summed E-state index contributed by atoms with van der Waals surface area (Å²) in [5.41, 5.74) is 9.78. The van der Waals surface area contributed by atoms with Gasteiger partial charge in [0.15, 0.2) is 11.4 Å². The highest BCUT2D eigenvalue weighted by Gasteiger charge is 2.14. The van der Waals surface area contributed by atoms with Crippen LogP contribution in [0.5, 0.6) is 11.5 Å². The Morgan fingerprint density at radius 3 is 2.46 bits per heavy atom. The molecule has 0 unspecified atom stereocenters. The first-order valence-electron chi connectivity index (χ1n) is 11.9. The third-order valence-electron chi connectivity index (χ3n) is 5.74. The molecule has 0 saturated carbocycles. The second-order valence-corrected chi connectivity index (χ2v) is 8.81. The Bertz CT molecular complexity index is 1550. The van der Waals surface area contributed by atoms with E-state index in [1.807, 2.05) is 30.3 Å². The fraction of sp³-hybridized carbons (Fsp3) is 0.103. The fourth-order valence-corrected chi connectivity index (χ4v) is 3.76. The van der Waals surface area contributed by atoms with E-state index in [1.165, 1.54) is 6.33 Å². The Morgan fingerprint density at radius 2 is 1.70 bits per heavy atom. The number of fused-ring (bicyclic) bond motifs is 1. The largest absolute Gasteiger partial charge is 0.455 e. The first kappa shape index (κ1) is 23.7. The lowest BCUT2D eigenvalue weighted by Crippen LogP contribution is -2.12. The highest BCUT2D eigenvalue weighted by atomic mass is 16.5. The van der Waals surface area contributed by atoms with Crippen molar-refractivity contribution in [2.75, 3.05) is 16.4 Å². The molecule has 0 saturated heterocycles. The van der Waals surface area contributed by atoms with Gasteiger partial charge < -0.3 is 21.1 Å². The van der Waals surface area contributed by atoms with Crippen molar-refractivity contribution in [1.82, 2.24) is 15.0 Å². The molecule has 0 bridgehead atoms. The molecule has 0 aliphatic rings. The number of carbonyl (C=O) groups excluding carboxylic acids is 1. The molecular formula is C29H26N6O2. The molecule has 4 N–H and O–H groups in total. The lowest BCUT2D eigenvalue weighted by molar-refractivity contribution is 0.102. The van der Waals surface area contributed by atoms with Crippen LogP contribution in [0.3, 0.4) is 0 Å². The molecule has 0 radical (unpaired) electrons. The Morgan fingerprint density at radius 1 is 0.919 bits per heavy atom. The van der Waals surface area contributed by atoms with E-state index in [4.69, 9.17) is 10.5 Å². The number of hydrogen-bond donors (Lipinski definition) is 3. The molecule has 1 amide bonds. The van der Waals surface area contributed by atoms with Gasteiger partial charge in [0.1, 0.15) is 17.9 Å². The molecule has 37 heavy (non-hydrogen) atoms. The second-order valence-electron chi connectivity index (χ2n) is 8.81. The molecular weight excluding hydrogens is 464 g/mol. The maximum absolute atomic E-state index is 12.7. The molecule has 0 aliphatic heterocycles. The van der Waals surface area contributed by atoms with Gasteiger partial charge in [0.05, 0.1) is 11.1 Å². The molecule has 5 aromatic rings. The highest BCUT2D eigenvalue weighted by molar-refractivity contribution is 6.04. The van der Waals surface area contributed by atoms with Crippen molar-refractivity contribution >= 4 is 39.8 Å². The molecule has 0 aliphatic carbocycles. The van der Waals surface area contributed by atoms with Crippen LogP contribution in [0.4, 0.5) is 22.9 Å². The van der Waals surface area contributed by atoms with Gasteiger partial charge in [0, 0.05) is 22.6 Å². The predicted molar refractivity (Wildman–Crippen MR) is 146 cm³/mol. The van der Waals surface area contributed by atoms with Gasteiger partial charge in [-0.1, -0.05) is 32.0 Å². The number of anilines is 4. The van der Waals surface area contributed by atoms with Crippen molar-refractivity contribution < 1.29 is 9.53 Å². The number of benzene rings is 3. The minimum Gasteiger partial charge on any atom is -0.455 e. The van der Waals surface area contributed by atoms with Crippen molar-refractivity contribution in [3.63, 3.8) is 0 Å². The van der Waals surface area contributed by atoms with Crippen LogP contribution in [0.15, 0.2) is 91.3 Å². The number of ether oxygens (including phenoxy) is 1. The van der Waals surface area contributed by atoms with Crippen molar-refractivity contribution in [3.05, 3.63) is 103 Å². The van der Waals surface area contributed by atoms with E-state index in [0.717, 1.165) is 11.1 Å². The summed E-state index contributed by atoms with van der Waals surface area (Å²) in [6.45, 7) is 4.18. The first-order chi connectivity index (χ1) is 18.0. The van der Waals surface area contributed by atoms with Crippen LogP contribution >= 0.6 is 0 Å². The number of nitrogens with one attached hydrogen (secondary N) is 2. The molecule has 0 spiro atoms. The van der Waals surface area contributed by atoms with Crippen molar-refractivity contribution in [3.8, 4) is 11.5 Å². The van der Waals surface area contributed by atoms with E-state index in [1.54, 1.807) is 54.6 Å². The van der Waals surface area contributed by atoms with E-state index in [9.17, 15) is 4.79 Å². The summed E-state index contributed by atoms with van der Waals surface area (Å²) in [5, 5.41) is 7.07. The number of carbonyl (C=O) groups is 1. The van der Waals surface area contributed by atoms with Gasteiger partial charge in [-0.05, 0) is 72.6 Å². The summed E-state index contributed by atoms with van der Waals surface area (Å²) in [6.07, 6.45) is 1.48. The Labute approximate surface area is 214 Å². The van der Waals surface area contributed by atoms with Crippen molar-refractivity contribution in [1.29, 1.82) is 0 Å². The van der Waals surface area contributed by atoms with Crippen LogP contribution in [0.2, 0.25) is 0 Å². The van der Waals surface area contributed by atoms with Gasteiger partial charge in [-0.25, -0.2) is 15.0 Å². The van der Waals surface area contributed by atoms with E-state index in [2.05, 4.69) is 39.4 Å². The number of aromatic nitrogens is 3. The van der Waals surface area contributed by atoms with Crippen molar-refractivity contribution in [2.45, 2.75) is 19.8 Å². The number of nitrogens with two attached hydrogens (primary N) is 1. The molecule has 184 valence electrons. The van der Waals surface area contributed by atoms with Crippen LogP contribution in [0, 0.1) is 0 Å². The van der Waals surface area contributed by atoms with Gasteiger partial charge in [0.2, 0.25) is 0 Å². The number of pyridine rings is 1. The maximum Gasteiger partial charge on any atom is 0.255 e. The molecule has 2 heterocycles. The summed E-state index contributed by atoms with van der Waals surface area (Å²) >= 11 is 0. The number of amides is 1. The summed E-state index contributed by atoms with van der Waals surface area (Å²) in [5.74, 6) is 1.80. The average Bonchev–Trinajstić information content (AvgIpc) is 2.91. The lowest BCUT2D eigenvalue weighted by atomic mass is 10.1. The van der Waals surface area contributed by atoms with Crippen LogP contribution < -0.4 is 21.1 Å². The molecule has 3 aromatic carbocycles. The number of nitrogen functional groups attached to an aromatic ring is 1. The summed E-state index contributed by atoms with van der Waals surface area (Å²) < 4.78 is 6.15. The molecule has 5 rings (SSSR count). The van der Waals surface area contributed by atoms with E-state index in [0.29, 0.717) is 45.6 Å². The Balaban J connectivity index is 1.51. The number of rotatable bonds is 7. The van der Waals surface area contributed by atoms with E-state index >= 15 is 0 Å². The quantitative estimate of drug-likeness (QED) is 0.223. The zero-order valence-corrected chi connectivity index (χ0v) is 20.5. The van der Waals surface area contributed by atoms with Crippen LogP contribution in [0.1, 0.15) is 35.8 Å². The highest BCUT2D eigenvalue weighted by Crippen LogP contribution is 2.35. The Hall–Kier alpha value is -4.98. The topological polar surface area (TPSA) is 115 Å². The van der Waals surface area contributed by atoms with Crippen LogP contribution in [-0.4, -0.2) is 20.9 Å². The zero-order valence-electron chi connectivity index (χ0n) is 20.5. The summed E-state index contributed by atoms with van der Waals surface area (Å²) in [6, 6.07) is 25.5. The average molecular weight is 491 g/mol. The number of nitrogens with zero attached hydrogens (tertiary/aromatic N) is 3. The zero-order chi connectivity index (χ0) is 25.8. The monoisotopic (exact) mass is 490 g/mol. The third-order valence-corrected chi connectivity index (χ3v) is 5.74. The minimum atomic E-state index is -0.211. The van der Waals surface area contributed by atoms with Crippen LogP contribution in [-0.2, 0) is 0 Å². The van der Waals surface area contributed by atoms with Crippen LogP contribution in [0.25, 0.3) is 11.0 Å². The normalized spacial score (nSPS) is 10.9. The number of hydrogen-bond acceptors (Lipinski definition) is 7. The molecule has 0 atom stereocenters. The molecule has 2 aromatic heterocycles. The Kier molecular flexibility index (Phi) is 6.63. The third kappa shape index (κ3) is 5.48. The SMILES string of the molecule is CC(C)c1ccc2c(Nc3cc(NC(=O)c4ccccc4)ccc3Oc3ccc(N)cc3)ncnc2n1. The second kappa shape index (κ2) is 10.3. The van der Waals surface area contributed by atoms with E-state index < -0.39 is 0 Å². The van der Waals surface area contributed by atoms with Gasteiger partial charge in [-0.3, -0.25) is 4.79 Å². The summed E-state index contributed by atoms with van der Waals surface area (Å²) in [7, 11) is 0. The van der Waals surface area contributed by atoms with Gasteiger partial charge in [-0.15, -0.1) is 0 Å². The fourth-order valence-electron chi connectivity index (χ4n) is 3.76. The van der Waals surface area contributed by atoms with Crippen molar-refractivity contribution in [2.24, 2.45) is 0 Å². The van der Waals surface area contributed by atoms with E-state index in [-0.39, 0.29) is 11.8 Å².